The standard InChI is InChI=1S/C19H14F2N4O2/c20-15-5-3-13(8-16(15)21)18(22)24-19(27)14-4-6-17(26)25(11-14)10-12-2-1-7-23-9-12/h1-9,11H,10H2,(H2,22,24,27). The Hall–Kier alpha value is -3.68. The average molecular weight is 368 g/mol. The van der Waals surface area contributed by atoms with E-state index in [-0.39, 0.29) is 29.1 Å². The summed E-state index contributed by atoms with van der Waals surface area (Å²) in [7, 11) is 0. The number of nitrogens with one attached hydrogen (secondary N) is 2. The van der Waals surface area contributed by atoms with E-state index in [9.17, 15) is 18.4 Å². The number of amides is 1. The highest BCUT2D eigenvalue weighted by molar-refractivity contribution is 6.11. The maximum Gasteiger partial charge on any atom is 0.258 e. The van der Waals surface area contributed by atoms with Crippen LogP contribution in [0, 0.1) is 17.0 Å². The van der Waals surface area contributed by atoms with Gasteiger partial charge in [-0.15, -0.1) is 0 Å². The zero-order valence-electron chi connectivity index (χ0n) is 13.9. The molecule has 0 fully saturated rings. The summed E-state index contributed by atoms with van der Waals surface area (Å²) in [6.07, 6.45) is 4.58. The molecule has 0 bridgehead atoms. The molecule has 0 spiro atoms. The molecular weight excluding hydrogens is 354 g/mol. The van der Waals surface area contributed by atoms with Crippen LogP contribution < -0.4 is 10.9 Å². The van der Waals surface area contributed by atoms with E-state index in [4.69, 9.17) is 5.41 Å². The van der Waals surface area contributed by atoms with Gasteiger partial charge in [-0.3, -0.25) is 20.0 Å². The molecule has 0 aliphatic carbocycles. The summed E-state index contributed by atoms with van der Waals surface area (Å²) in [5, 5.41) is 10.2. The minimum Gasteiger partial charge on any atom is -0.310 e. The van der Waals surface area contributed by atoms with Crippen molar-refractivity contribution in [3.8, 4) is 0 Å². The molecule has 3 rings (SSSR count). The Balaban J connectivity index is 1.78. The summed E-state index contributed by atoms with van der Waals surface area (Å²) < 4.78 is 27.6. The van der Waals surface area contributed by atoms with E-state index < -0.39 is 17.5 Å². The summed E-state index contributed by atoms with van der Waals surface area (Å²) in [5.74, 6) is -3.19. The van der Waals surface area contributed by atoms with Crippen molar-refractivity contribution in [2.45, 2.75) is 6.54 Å². The second-order valence-electron chi connectivity index (χ2n) is 5.70. The molecule has 136 valence electrons. The van der Waals surface area contributed by atoms with Crippen LogP contribution in [0.3, 0.4) is 0 Å². The Bertz CT molecular complexity index is 1060. The number of benzene rings is 1. The third kappa shape index (κ3) is 4.30. The summed E-state index contributed by atoms with van der Waals surface area (Å²) in [6, 6.07) is 8.98. The molecule has 1 amide bonds. The molecule has 0 radical (unpaired) electrons. The van der Waals surface area contributed by atoms with E-state index in [0.29, 0.717) is 0 Å². The van der Waals surface area contributed by atoms with Crippen LogP contribution in [0.2, 0.25) is 0 Å². The molecule has 0 aliphatic heterocycles. The summed E-state index contributed by atoms with van der Waals surface area (Å²) in [6.45, 7) is 0.231. The van der Waals surface area contributed by atoms with Gasteiger partial charge in [-0.1, -0.05) is 6.07 Å². The molecule has 2 N–H and O–H groups in total. The molecule has 8 heteroatoms. The first kappa shape index (κ1) is 18.1. The van der Waals surface area contributed by atoms with Crippen LogP contribution in [0.1, 0.15) is 21.5 Å². The van der Waals surface area contributed by atoms with E-state index in [1.807, 2.05) is 0 Å². The Morgan fingerprint density at radius 1 is 1.11 bits per heavy atom. The van der Waals surface area contributed by atoms with E-state index in [0.717, 1.165) is 17.7 Å². The fraction of sp³-hybridized carbons (Fsp3) is 0.0526. The highest BCUT2D eigenvalue weighted by Crippen LogP contribution is 2.09. The minimum absolute atomic E-state index is 0.0194. The third-order valence-electron chi connectivity index (χ3n) is 3.77. The highest BCUT2D eigenvalue weighted by Gasteiger charge is 2.13. The van der Waals surface area contributed by atoms with E-state index in [2.05, 4.69) is 10.3 Å². The zero-order valence-corrected chi connectivity index (χ0v) is 13.9. The number of carbonyl (C=O) groups excluding carboxylic acids is 1. The lowest BCUT2D eigenvalue weighted by molar-refractivity contribution is 0.0976. The number of rotatable bonds is 4. The van der Waals surface area contributed by atoms with Crippen molar-refractivity contribution >= 4 is 11.7 Å². The van der Waals surface area contributed by atoms with Crippen LogP contribution in [-0.4, -0.2) is 21.3 Å². The first-order valence-corrected chi connectivity index (χ1v) is 7.89. The number of carbonyl (C=O) groups is 1. The topological polar surface area (TPSA) is 87.8 Å². The predicted octanol–water partition coefficient (Wildman–Crippen LogP) is 2.33. The molecular formula is C19H14F2N4O2. The van der Waals surface area contributed by atoms with Crippen LogP contribution in [0.4, 0.5) is 8.78 Å². The van der Waals surface area contributed by atoms with Crippen molar-refractivity contribution in [3.63, 3.8) is 0 Å². The van der Waals surface area contributed by atoms with Gasteiger partial charge >= 0.3 is 0 Å². The van der Waals surface area contributed by atoms with Crippen molar-refractivity contribution in [2.24, 2.45) is 0 Å². The first-order chi connectivity index (χ1) is 12.9. The molecule has 1 aromatic carbocycles. The van der Waals surface area contributed by atoms with Crippen LogP contribution in [0.25, 0.3) is 0 Å². The molecule has 0 saturated heterocycles. The van der Waals surface area contributed by atoms with Gasteiger partial charge in [-0.05, 0) is 35.9 Å². The van der Waals surface area contributed by atoms with Gasteiger partial charge in [-0.2, -0.15) is 0 Å². The molecule has 0 aliphatic rings. The lowest BCUT2D eigenvalue weighted by Crippen LogP contribution is -2.32. The normalized spacial score (nSPS) is 10.4. The second-order valence-corrected chi connectivity index (χ2v) is 5.70. The maximum atomic E-state index is 13.3. The predicted molar refractivity (Wildman–Crippen MR) is 94.7 cm³/mol. The monoisotopic (exact) mass is 368 g/mol. The van der Waals surface area contributed by atoms with E-state index >= 15 is 0 Å². The van der Waals surface area contributed by atoms with Crippen LogP contribution >= 0.6 is 0 Å². The molecule has 0 atom stereocenters. The van der Waals surface area contributed by atoms with Gasteiger partial charge in [0.2, 0.25) is 0 Å². The number of halogens is 2. The lowest BCUT2D eigenvalue weighted by atomic mass is 10.2. The number of nitrogens with zero attached hydrogens (tertiary/aromatic N) is 2. The number of hydrogen-bond acceptors (Lipinski definition) is 4. The summed E-state index contributed by atoms with van der Waals surface area (Å²) in [5.41, 5.74) is 0.648. The zero-order chi connectivity index (χ0) is 19.4. The Morgan fingerprint density at radius 2 is 1.89 bits per heavy atom. The largest absolute Gasteiger partial charge is 0.310 e. The lowest BCUT2D eigenvalue weighted by Gasteiger charge is -2.10. The third-order valence-corrected chi connectivity index (χ3v) is 3.77. The van der Waals surface area contributed by atoms with Crippen molar-refractivity contribution in [1.29, 1.82) is 5.41 Å². The SMILES string of the molecule is N=C(NC(=O)c1ccc(=O)n(Cc2cccnc2)c1)c1ccc(F)c(F)c1. The van der Waals surface area contributed by atoms with Gasteiger partial charge in [0.25, 0.3) is 11.5 Å². The smallest absolute Gasteiger partial charge is 0.258 e. The molecule has 27 heavy (non-hydrogen) atoms. The molecule has 2 aromatic heterocycles. The summed E-state index contributed by atoms with van der Waals surface area (Å²) in [4.78, 5) is 28.3. The number of amidine groups is 1. The molecule has 0 saturated carbocycles. The molecule has 3 aromatic rings. The maximum absolute atomic E-state index is 13.3. The molecule has 2 heterocycles. The first-order valence-electron chi connectivity index (χ1n) is 7.89. The van der Waals surface area contributed by atoms with Crippen molar-refractivity contribution < 1.29 is 13.6 Å². The molecule has 6 nitrogen and oxygen atoms in total. The van der Waals surface area contributed by atoms with Crippen LogP contribution in [-0.2, 0) is 6.54 Å². The van der Waals surface area contributed by atoms with Crippen LogP contribution in [0.15, 0.2) is 65.8 Å². The van der Waals surface area contributed by atoms with Gasteiger partial charge in [0.15, 0.2) is 11.6 Å². The summed E-state index contributed by atoms with van der Waals surface area (Å²) >= 11 is 0. The van der Waals surface area contributed by atoms with Crippen molar-refractivity contribution in [3.05, 3.63) is 99.7 Å². The highest BCUT2D eigenvalue weighted by atomic mass is 19.2. The average Bonchev–Trinajstić information content (AvgIpc) is 2.66. The van der Waals surface area contributed by atoms with E-state index in [1.54, 1.807) is 24.5 Å². The Labute approximate surface area is 152 Å². The Kier molecular flexibility index (Phi) is 5.16. The second kappa shape index (κ2) is 7.69. The van der Waals surface area contributed by atoms with Gasteiger partial charge in [0.1, 0.15) is 5.84 Å². The number of pyridine rings is 2. The minimum atomic E-state index is -1.11. The fourth-order valence-electron chi connectivity index (χ4n) is 2.39. The van der Waals surface area contributed by atoms with Gasteiger partial charge in [-0.25, -0.2) is 8.78 Å². The van der Waals surface area contributed by atoms with Gasteiger partial charge in [0.05, 0.1) is 12.1 Å². The van der Waals surface area contributed by atoms with Gasteiger partial charge in [0, 0.05) is 30.2 Å². The van der Waals surface area contributed by atoms with Crippen molar-refractivity contribution in [2.75, 3.05) is 0 Å². The van der Waals surface area contributed by atoms with Crippen molar-refractivity contribution in [1.82, 2.24) is 14.9 Å². The quantitative estimate of drug-likeness (QED) is 0.547. The van der Waals surface area contributed by atoms with E-state index in [1.165, 1.54) is 29.0 Å². The molecule has 0 unspecified atom stereocenters. The number of hydrogen-bond donors (Lipinski definition) is 2. The Morgan fingerprint density at radius 3 is 2.59 bits per heavy atom. The van der Waals surface area contributed by atoms with Gasteiger partial charge < -0.3 is 9.88 Å². The number of aromatic nitrogens is 2. The fourth-order valence-corrected chi connectivity index (χ4v) is 2.39. The van der Waals surface area contributed by atoms with Crippen LogP contribution in [0.5, 0.6) is 0 Å².